The van der Waals surface area contributed by atoms with Gasteiger partial charge in [0, 0.05) is 6.42 Å². The van der Waals surface area contributed by atoms with Gasteiger partial charge < -0.3 is 4.74 Å². The van der Waals surface area contributed by atoms with Crippen LogP contribution in [-0.2, 0) is 25.8 Å². The molecule has 0 aromatic heterocycles. The van der Waals surface area contributed by atoms with Crippen molar-refractivity contribution in [2.45, 2.75) is 49.5 Å². The molecule has 2 unspecified atom stereocenters. The Labute approximate surface area is 172 Å². The van der Waals surface area contributed by atoms with E-state index in [0.717, 1.165) is 25.7 Å². The number of nitrogens with zero attached hydrogens (tertiary/aromatic N) is 1. The van der Waals surface area contributed by atoms with Gasteiger partial charge in [0.1, 0.15) is 6.10 Å². The van der Waals surface area contributed by atoms with Crippen molar-refractivity contribution in [2.75, 3.05) is 5.75 Å². The summed E-state index contributed by atoms with van der Waals surface area (Å²) in [7, 11) is -3.40. The molecule has 1 saturated heterocycles. The number of carbonyl (C=O) groups is 1. The van der Waals surface area contributed by atoms with E-state index in [1.165, 1.54) is 5.56 Å². The molecule has 1 fully saturated rings. The summed E-state index contributed by atoms with van der Waals surface area (Å²) in [5.41, 5.74) is 1.83. The van der Waals surface area contributed by atoms with E-state index in [1.54, 1.807) is 30.3 Å². The quantitative estimate of drug-likeness (QED) is 0.483. The summed E-state index contributed by atoms with van der Waals surface area (Å²) in [6.45, 7) is 0. The standard InChI is InChI=1S/C23H25NO4S/c24-16-19-12-10-18(11-13-19)6-4-5-7-21-14-20(15-23(25)28-21)17-29(26,27)22-8-2-1-3-9-22/h1-3,8-13,20-21H,4-7,14-15,17H2. The Bertz CT molecular complexity index is 962. The third-order valence-electron chi connectivity index (χ3n) is 5.23. The number of benzene rings is 2. The summed E-state index contributed by atoms with van der Waals surface area (Å²) in [5, 5.41) is 8.84. The van der Waals surface area contributed by atoms with Gasteiger partial charge in [-0.2, -0.15) is 5.26 Å². The normalized spacial score (nSPS) is 19.3. The lowest BCUT2D eigenvalue weighted by molar-refractivity contribution is -0.156. The smallest absolute Gasteiger partial charge is 0.306 e. The highest BCUT2D eigenvalue weighted by Gasteiger charge is 2.32. The van der Waals surface area contributed by atoms with Gasteiger partial charge in [-0.15, -0.1) is 0 Å². The first-order valence-electron chi connectivity index (χ1n) is 9.92. The van der Waals surface area contributed by atoms with E-state index in [2.05, 4.69) is 6.07 Å². The lowest BCUT2D eigenvalue weighted by Gasteiger charge is -2.28. The topological polar surface area (TPSA) is 84.2 Å². The molecule has 3 rings (SSSR count). The highest BCUT2D eigenvalue weighted by Crippen LogP contribution is 2.28. The average molecular weight is 412 g/mol. The fraction of sp³-hybridized carbons (Fsp3) is 0.391. The maximum Gasteiger partial charge on any atom is 0.306 e. The van der Waals surface area contributed by atoms with Crippen LogP contribution in [0, 0.1) is 17.2 Å². The SMILES string of the molecule is N#Cc1ccc(CCCCC2CC(CS(=O)(=O)c3ccccc3)CC(=O)O2)cc1. The Balaban J connectivity index is 1.48. The number of nitriles is 1. The minimum atomic E-state index is -3.40. The molecule has 0 bridgehead atoms. The van der Waals surface area contributed by atoms with Crippen LogP contribution >= 0.6 is 0 Å². The number of ether oxygens (including phenoxy) is 1. The molecule has 1 aliphatic rings. The van der Waals surface area contributed by atoms with Crippen molar-refractivity contribution >= 4 is 15.8 Å². The van der Waals surface area contributed by atoms with Gasteiger partial charge in [-0.3, -0.25) is 4.79 Å². The van der Waals surface area contributed by atoms with Crippen molar-refractivity contribution in [1.29, 1.82) is 5.26 Å². The molecular formula is C23H25NO4S. The molecule has 0 aliphatic carbocycles. The van der Waals surface area contributed by atoms with Crippen LogP contribution < -0.4 is 0 Å². The van der Waals surface area contributed by atoms with Gasteiger partial charge in [0.15, 0.2) is 9.84 Å². The molecule has 5 nitrogen and oxygen atoms in total. The van der Waals surface area contributed by atoms with Crippen LogP contribution in [0.1, 0.15) is 43.2 Å². The molecule has 2 atom stereocenters. The van der Waals surface area contributed by atoms with E-state index in [-0.39, 0.29) is 30.2 Å². The fourth-order valence-electron chi connectivity index (χ4n) is 3.76. The number of esters is 1. The molecular weight excluding hydrogens is 386 g/mol. The second kappa shape index (κ2) is 9.71. The fourth-order valence-corrected chi connectivity index (χ4v) is 5.40. The summed E-state index contributed by atoms with van der Waals surface area (Å²) in [5.74, 6) is -0.528. The Hall–Kier alpha value is -2.65. The van der Waals surface area contributed by atoms with E-state index in [0.29, 0.717) is 16.9 Å². The van der Waals surface area contributed by atoms with Crippen molar-refractivity contribution in [1.82, 2.24) is 0 Å². The number of hydrogen-bond acceptors (Lipinski definition) is 5. The zero-order valence-electron chi connectivity index (χ0n) is 16.3. The van der Waals surface area contributed by atoms with E-state index in [4.69, 9.17) is 10.00 Å². The predicted octanol–water partition coefficient (Wildman–Crippen LogP) is 4.07. The van der Waals surface area contributed by atoms with Gasteiger partial charge in [0.2, 0.25) is 0 Å². The maximum atomic E-state index is 12.6. The second-order valence-corrected chi connectivity index (χ2v) is 9.60. The van der Waals surface area contributed by atoms with Crippen molar-refractivity contribution in [3.8, 4) is 6.07 Å². The molecule has 0 spiro atoms. The zero-order chi connectivity index (χ0) is 20.7. The Morgan fingerprint density at radius 3 is 2.45 bits per heavy atom. The summed E-state index contributed by atoms with van der Waals surface area (Å²) < 4.78 is 30.7. The van der Waals surface area contributed by atoms with Crippen molar-refractivity contribution in [2.24, 2.45) is 5.92 Å². The number of unbranched alkanes of at least 4 members (excludes halogenated alkanes) is 1. The monoisotopic (exact) mass is 411 g/mol. The molecule has 2 aromatic carbocycles. The summed E-state index contributed by atoms with van der Waals surface area (Å²) in [4.78, 5) is 12.3. The van der Waals surface area contributed by atoms with Gasteiger partial charge >= 0.3 is 5.97 Å². The zero-order valence-corrected chi connectivity index (χ0v) is 17.1. The molecule has 0 radical (unpaired) electrons. The molecule has 152 valence electrons. The van der Waals surface area contributed by atoms with Crippen molar-refractivity contribution < 1.29 is 17.9 Å². The Morgan fingerprint density at radius 1 is 1.03 bits per heavy atom. The molecule has 0 saturated carbocycles. The highest BCUT2D eigenvalue weighted by molar-refractivity contribution is 7.91. The molecule has 1 aliphatic heterocycles. The van der Waals surface area contributed by atoms with Crippen LogP contribution in [-0.4, -0.2) is 26.2 Å². The molecule has 29 heavy (non-hydrogen) atoms. The third kappa shape index (κ3) is 6.16. The minimum absolute atomic E-state index is 0.0200. The van der Waals surface area contributed by atoms with Crippen molar-refractivity contribution in [3.63, 3.8) is 0 Å². The number of hydrogen-bond donors (Lipinski definition) is 0. The average Bonchev–Trinajstić information content (AvgIpc) is 2.71. The van der Waals surface area contributed by atoms with Crippen LogP contribution in [0.2, 0.25) is 0 Å². The summed E-state index contributed by atoms with van der Waals surface area (Å²) in [6.07, 6.45) is 4.03. The highest BCUT2D eigenvalue weighted by atomic mass is 32.2. The van der Waals surface area contributed by atoms with Crippen LogP contribution in [0.25, 0.3) is 0 Å². The van der Waals surface area contributed by atoms with Gasteiger partial charge in [-0.1, -0.05) is 30.3 Å². The minimum Gasteiger partial charge on any atom is -0.462 e. The third-order valence-corrected chi connectivity index (χ3v) is 7.13. The van der Waals surface area contributed by atoms with Crippen LogP contribution in [0.3, 0.4) is 0 Å². The largest absolute Gasteiger partial charge is 0.462 e. The molecule has 1 heterocycles. The Kier molecular flexibility index (Phi) is 7.05. The maximum absolute atomic E-state index is 12.6. The number of carbonyl (C=O) groups excluding carboxylic acids is 1. The van der Waals surface area contributed by atoms with Gasteiger partial charge in [0.25, 0.3) is 0 Å². The second-order valence-electron chi connectivity index (χ2n) is 7.57. The lowest BCUT2D eigenvalue weighted by atomic mass is 9.93. The summed E-state index contributed by atoms with van der Waals surface area (Å²) >= 11 is 0. The number of aryl methyl sites for hydroxylation is 1. The molecule has 6 heteroatoms. The van der Waals surface area contributed by atoms with Crippen LogP contribution in [0.15, 0.2) is 59.5 Å². The van der Waals surface area contributed by atoms with E-state index >= 15 is 0 Å². The predicted molar refractivity (Wildman–Crippen MR) is 110 cm³/mol. The van der Waals surface area contributed by atoms with E-state index in [1.807, 2.05) is 24.3 Å². The van der Waals surface area contributed by atoms with Gasteiger partial charge in [-0.25, -0.2) is 8.42 Å². The van der Waals surface area contributed by atoms with Gasteiger partial charge in [-0.05, 0) is 67.9 Å². The first-order chi connectivity index (χ1) is 14.0. The van der Waals surface area contributed by atoms with Crippen molar-refractivity contribution in [3.05, 3.63) is 65.7 Å². The van der Waals surface area contributed by atoms with E-state index < -0.39 is 9.84 Å². The lowest BCUT2D eigenvalue weighted by Crippen LogP contribution is -2.33. The number of cyclic esters (lactones) is 1. The Morgan fingerprint density at radius 2 is 1.76 bits per heavy atom. The van der Waals surface area contributed by atoms with E-state index in [9.17, 15) is 13.2 Å². The number of sulfone groups is 1. The molecule has 0 N–H and O–H groups in total. The molecule has 0 amide bonds. The summed E-state index contributed by atoms with van der Waals surface area (Å²) in [6, 6.07) is 18.0. The first kappa shape index (κ1) is 21.1. The van der Waals surface area contributed by atoms with Crippen LogP contribution in [0.5, 0.6) is 0 Å². The first-order valence-corrected chi connectivity index (χ1v) is 11.6. The molecule has 2 aromatic rings. The number of rotatable bonds is 8. The van der Waals surface area contributed by atoms with Gasteiger partial charge in [0.05, 0.1) is 22.3 Å². The van der Waals surface area contributed by atoms with Crippen LogP contribution in [0.4, 0.5) is 0 Å².